The number of hydrogen-bond donors (Lipinski definition) is 1. The van der Waals surface area contributed by atoms with Crippen LogP contribution in [0.4, 0.5) is 0 Å². The van der Waals surface area contributed by atoms with Gasteiger partial charge in [0.05, 0.1) is 0 Å². The third-order valence-electron chi connectivity index (χ3n) is 3.86. The van der Waals surface area contributed by atoms with Crippen molar-refractivity contribution in [2.24, 2.45) is 11.8 Å². The van der Waals surface area contributed by atoms with Gasteiger partial charge < -0.3 is 4.90 Å². The highest BCUT2D eigenvalue weighted by Gasteiger charge is 2.25. The van der Waals surface area contributed by atoms with Gasteiger partial charge in [-0.25, -0.2) is 8.42 Å². The van der Waals surface area contributed by atoms with Crippen molar-refractivity contribution < 1.29 is 8.42 Å². The topological polar surface area (TPSA) is 37.4 Å². The van der Waals surface area contributed by atoms with Gasteiger partial charge in [-0.15, -0.1) is 0 Å². The van der Waals surface area contributed by atoms with Crippen molar-refractivity contribution >= 4 is 10.7 Å². The van der Waals surface area contributed by atoms with Crippen molar-refractivity contribution in [3.63, 3.8) is 0 Å². The SMILES string of the molecule is CC(C)N(C)CCC(CC[SH](=O)=O)CC1CC1. The minimum absolute atomic E-state index is 0.373. The molecule has 1 aliphatic carbocycles. The van der Waals surface area contributed by atoms with E-state index < -0.39 is 10.7 Å². The summed E-state index contributed by atoms with van der Waals surface area (Å²) in [6.45, 7) is 5.49. The fraction of sp³-hybridized carbons (Fsp3) is 1.00. The summed E-state index contributed by atoms with van der Waals surface area (Å²) in [7, 11) is -0.0439. The van der Waals surface area contributed by atoms with Crippen molar-refractivity contribution in [2.45, 2.75) is 52.0 Å². The molecule has 0 radical (unpaired) electrons. The lowest BCUT2D eigenvalue weighted by atomic mass is 9.95. The lowest BCUT2D eigenvalue weighted by Gasteiger charge is -2.24. The Labute approximate surface area is 108 Å². The van der Waals surface area contributed by atoms with E-state index in [1.807, 2.05) is 0 Å². The Kier molecular flexibility index (Phi) is 6.49. The maximum Gasteiger partial charge on any atom is 0.140 e. The van der Waals surface area contributed by atoms with Crippen LogP contribution in [0.5, 0.6) is 0 Å². The van der Waals surface area contributed by atoms with Crippen LogP contribution in [0.25, 0.3) is 0 Å². The van der Waals surface area contributed by atoms with E-state index in [1.54, 1.807) is 0 Å². The second-order valence-electron chi connectivity index (χ2n) is 5.75. The molecule has 0 bridgehead atoms. The lowest BCUT2D eigenvalue weighted by Crippen LogP contribution is -2.28. The van der Waals surface area contributed by atoms with E-state index in [0.717, 1.165) is 25.3 Å². The summed E-state index contributed by atoms with van der Waals surface area (Å²) in [4.78, 5) is 2.34. The van der Waals surface area contributed by atoms with Gasteiger partial charge in [0.2, 0.25) is 0 Å². The van der Waals surface area contributed by atoms with Gasteiger partial charge >= 0.3 is 0 Å². The van der Waals surface area contributed by atoms with Gasteiger partial charge in [-0.2, -0.15) is 0 Å². The molecular weight excluding hydrogens is 234 g/mol. The van der Waals surface area contributed by atoms with Gasteiger partial charge in [0, 0.05) is 11.8 Å². The predicted octanol–water partition coefficient (Wildman–Crippen LogP) is 2.13. The van der Waals surface area contributed by atoms with Crippen molar-refractivity contribution in [1.29, 1.82) is 0 Å². The molecule has 1 fully saturated rings. The van der Waals surface area contributed by atoms with E-state index in [2.05, 4.69) is 25.8 Å². The summed E-state index contributed by atoms with van der Waals surface area (Å²) in [6.07, 6.45) is 5.98. The minimum atomic E-state index is -2.19. The van der Waals surface area contributed by atoms with Crippen LogP contribution < -0.4 is 0 Å². The predicted molar refractivity (Wildman–Crippen MR) is 73.0 cm³/mol. The van der Waals surface area contributed by atoms with Gasteiger partial charge in [-0.05, 0) is 58.5 Å². The first-order valence-electron chi connectivity index (χ1n) is 6.81. The lowest BCUT2D eigenvalue weighted by molar-refractivity contribution is 0.243. The maximum absolute atomic E-state index is 10.7. The molecule has 0 aliphatic heterocycles. The third-order valence-corrected chi connectivity index (χ3v) is 4.48. The summed E-state index contributed by atoms with van der Waals surface area (Å²) < 4.78 is 21.4. The van der Waals surface area contributed by atoms with Crippen LogP contribution in [0, 0.1) is 11.8 Å². The Bertz CT molecular complexity index is 277. The molecule has 0 aromatic heterocycles. The summed E-state index contributed by atoms with van der Waals surface area (Å²) in [6, 6.07) is 0.577. The molecule has 3 nitrogen and oxygen atoms in total. The van der Waals surface area contributed by atoms with Crippen LogP contribution >= 0.6 is 0 Å². The largest absolute Gasteiger partial charge is 0.304 e. The molecule has 17 heavy (non-hydrogen) atoms. The zero-order valence-electron chi connectivity index (χ0n) is 11.4. The minimum Gasteiger partial charge on any atom is -0.304 e. The molecule has 1 aliphatic rings. The van der Waals surface area contributed by atoms with E-state index in [4.69, 9.17) is 0 Å². The molecular formula is C13H27NO2S. The number of rotatable bonds is 9. The van der Waals surface area contributed by atoms with E-state index in [-0.39, 0.29) is 0 Å². The zero-order chi connectivity index (χ0) is 12.8. The molecule has 102 valence electrons. The quantitative estimate of drug-likeness (QED) is 0.646. The fourth-order valence-corrected chi connectivity index (χ4v) is 2.71. The molecule has 1 atom stereocenters. The summed E-state index contributed by atoms with van der Waals surface area (Å²) in [5.41, 5.74) is 0. The second-order valence-corrected chi connectivity index (χ2v) is 6.87. The first-order valence-corrected chi connectivity index (χ1v) is 8.17. The van der Waals surface area contributed by atoms with Gasteiger partial charge in [0.15, 0.2) is 0 Å². The van der Waals surface area contributed by atoms with Crippen molar-refractivity contribution in [1.82, 2.24) is 4.90 Å². The molecule has 1 rings (SSSR count). The molecule has 0 N–H and O–H groups in total. The Morgan fingerprint density at radius 1 is 1.24 bits per heavy atom. The van der Waals surface area contributed by atoms with Crippen LogP contribution in [-0.2, 0) is 10.7 Å². The number of thiol groups is 1. The van der Waals surface area contributed by atoms with Gasteiger partial charge in [0.25, 0.3) is 0 Å². The van der Waals surface area contributed by atoms with E-state index in [1.165, 1.54) is 19.3 Å². The summed E-state index contributed by atoms with van der Waals surface area (Å²) in [5.74, 6) is 1.88. The highest BCUT2D eigenvalue weighted by atomic mass is 32.2. The average molecular weight is 261 g/mol. The first-order chi connectivity index (χ1) is 7.99. The monoisotopic (exact) mass is 261 g/mol. The van der Waals surface area contributed by atoms with Crippen LogP contribution in [0.3, 0.4) is 0 Å². The van der Waals surface area contributed by atoms with Crippen molar-refractivity contribution in [2.75, 3.05) is 19.3 Å². The Morgan fingerprint density at radius 2 is 1.88 bits per heavy atom. The van der Waals surface area contributed by atoms with Crippen LogP contribution in [-0.4, -0.2) is 38.7 Å². The van der Waals surface area contributed by atoms with E-state index in [0.29, 0.717) is 17.7 Å². The van der Waals surface area contributed by atoms with Crippen molar-refractivity contribution in [3.8, 4) is 0 Å². The third kappa shape index (κ3) is 7.04. The fourth-order valence-electron chi connectivity index (χ4n) is 2.14. The van der Waals surface area contributed by atoms with Crippen LogP contribution in [0.15, 0.2) is 0 Å². The molecule has 0 aromatic rings. The zero-order valence-corrected chi connectivity index (χ0v) is 12.3. The normalized spacial score (nSPS) is 18.2. The Morgan fingerprint density at radius 3 is 2.35 bits per heavy atom. The molecule has 1 unspecified atom stereocenters. The standard InChI is InChI=1S/C13H27NO2S/c1-11(2)14(3)8-6-13(7-9-17(15)16)10-12-4-5-12/h11-13,17H,4-10H2,1-3H3. The molecule has 0 spiro atoms. The smallest absolute Gasteiger partial charge is 0.140 e. The summed E-state index contributed by atoms with van der Waals surface area (Å²) in [5, 5.41) is 0. The number of nitrogens with zero attached hydrogens (tertiary/aromatic N) is 1. The van der Waals surface area contributed by atoms with Gasteiger partial charge in [0.1, 0.15) is 10.7 Å². The Hall–Kier alpha value is -0.0900. The Balaban J connectivity index is 2.28. The number of hydrogen-bond acceptors (Lipinski definition) is 3. The molecule has 0 aromatic carbocycles. The second kappa shape index (κ2) is 7.37. The van der Waals surface area contributed by atoms with E-state index in [9.17, 15) is 8.42 Å². The molecule has 1 saturated carbocycles. The first kappa shape index (κ1) is 15.0. The van der Waals surface area contributed by atoms with E-state index >= 15 is 0 Å². The van der Waals surface area contributed by atoms with Crippen LogP contribution in [0.1, 0.15) is 46.0 Å². The van der Waals surface area contributed by atoms with Crippen LogP contribution in [0.2, 0.25) is 0 Å². The maximum atomic E-state index is 10.7. The molecule has 0 amide bonds. The summed E-state index contributed by atoms with van der Waals surface area (Å²) >= 11 is 0. The molecule has 4 heteroatoms. The molecule has 0 saturated heterocycles. The van der Waals surface area contributed by atoms with Gasteiger partial charge in [-0.1, -0.05) is 12.8 Å². The van der Waals surface area contributed by atoms with Gasteiger partial charge in [-0.3, -0.25) is 0 Å². The van der Waals surface area contributed by atoms with Crippen molar-refractivity contribution in [3.05, 3.63) is 0 Å². The average Bonchev–Trinajstić information content (AvgIpc) is 3.05. The highest BCUT2D eigenvalue weighted by molar-refractivity contribution is 7.72. The molecule has 0 heterocycles. The highest BCUT2D eigenvalue weighted by Crippen LogP contribution is 2.37.